The smallest absolute Gasteiger partial charge is 0.255 e. The lowest BCUT2D eigenvalue weighted by Gasteiger charge is -2.16. The van der Waals surface area contributed by atoms with Crippen LogP contribution in [0.3, 0.4) is 0 Å². The number of nitrogens with two attached hydrogens (primary N) is 1. The number of primary amides is 1. The van der Waals surface area contributed by atoms with Gasteiger partial charge in [0.05, 0.1) is 19.5 Å². The van der Waals surface area contributed by atoms with Crippen molar-refractivity contribution >= 4 is 40.9 Å². The van der Waals surface area contributed by atoms with Crippen LogP contribution in [0.5, 0.6) is 11.5 Å². The van der Waals surface area contributed by atoms with Crippen LogP contribution in [0.1, 0.15) is 34.1 Å². The van der Waals surface area contributed by atoms with E-state index in [1.54, 1.807) is 48.5 Å². The predicted molar refractivity (Wildman–Crippen MR) is 137 cm³/mol. The molecular weight excluding hydrogens is 466 g/mol. The molecule has 0 saturated carbocycles. The second kappa shape index (κ2) is 11.9. The van der Waals surface area contributed by atoms with Gasteiger partial charge < -0.3 is 25.8 Å². The van der Waals surface area contributed by atoms with E-state index in [9.17, 15) is 14.4 Å². The van der Waals surface area contributed by atoms with Crippen molar-refractivity contribution < 1.29 is 23.9 Å². The summed E-state index contributed by atoms with van der Waals surface area (Å²) in [7, 11) is 3.04. The molecule has 1 atom stereocenters. The number of anilines is 2. The maximum Gasteiger partial charge on any atom is 0.255 e. The SMILES string of the molecule is CCC(Sc1cccc(NC(=O)c2ccc(OC)c(OC)c2)c1)C(=O)Nc1ccc(C(N)=O)cc1. The summed E-state index contributed by atoms with van der Waals surface area (Å²) in [5, 5.41) is 5.38. The molecule has 9 heteroatoms. The third-order valence-corrected chi connectivity index (χ3v) is 6.47. The van der Waals surface area contributed by atoms with E-state index in [2.05, 4.69) is 10.6 Å². The fraction of sp³-hybridized carbons (Fsp3) is 0.192. The van der Waals surface area contributed by atoms with Crippen molar-refractivity contribution in [3.8, 4) is 11.5 Å². The number of rotatable bonds is 10. The molecule has 8 nitrogen and oxygen atoms in total. The number of carbonyl (C=O) groups excluding carboxylic acids is 3. The standard InChI is InChI=1S/C26H27N3O5S/c1-4-23(26(32)28-18-11-8-16(9-12-18)24(27)30)35-20-7-5-6-19(15-20)29-25(31)17-10-13-21(33-2)22(14-17)34-3/h5-15,23H,4H2,1-3H3,(H2,27,30)(H,28,32)(H,29,31). The number of methoxy groups -OCH3 is 2. The summed E-state index contributed by atoms with van der Waals surface area (Å²) in [5.74, 6) is 0.0185. The first-order valence-corrected chi connectivity index (χ1v) is 11.7. The van der Waals surface area contributed by atoms with Gasteiger partial charge in [0.25, 0.3) is 5.91 Å². The lowest BCUT2D eigenvalue weighted by atomic mass is 10.2. The molecule has 0 fully saturated rings. The van der Waals surface area contributed by atoms with Crippen LogP contribution in [0.15, 0.2) is 71.6 Å². The van der Waals surface area contributed by atoms with Crippen molar-refractivity contribution in [2.75, 3.05) is 24.9 Å². The van der Waals surface area contributed by atoms with E-state index in [1.807, 2.05) is 25.1 Å². The Balaban J connectivity index is 1.66. The van der Waals surface area contributed by atoms with Gasteiger partial charge in [-0.15, -0.1) is 11.8 Å². The number of benzene rings is 3. The van der Waals surface area contributed by atoms with Gasteiger partial charge in [-0.2, -0.15) is 0 Å². The van der Waals surface area contributed by atoms with E-state index >= 15 is 0 Å². The maximum absolute atomic E-state index is 12.8. The summed E-state index contributed by atoms with van der Waals surface area (Å²) in [6, 6.07) is 18.7. The first-order chi connectivity index (χ1) is 16.8. The Hall–Kier alpha value is -3.98. The molecule has 3 rings (SSSR count). The molecular formula is C26H27N3O5S. The summed E-state index contributed by atoms with van der Waals surface area (Å²) in [6.07, 6.45) is 0.595. The van der Waals surface area contributed by atoms with Crippen LogP contribution in [-0.2, 0) is 4.79 Å². The maximum atomic E-state index is 12.8. The van der Waals surface area contributed by atoms with Crippen molar-refractivity contribution in [3.63, 3.8) is 0 Å². The molecule has 0 saturated heterocycles. The van der Waals surface area contributed by atoms with Crippen molar-refractivity contribution in [1.29, 1.82) is 0 Å². The van der Waals surface area contributed by atoms with Crippen LogP contribution in [0, 0.1) is 0 Å². The summed E-state index contributed by atoms with van der Waals surface area (Å²) >= 11 is 1.40. The third-order valence-electron chi connectivity index (χ3n) is 5.12. The van der Waals surface area contributed by atoms with E-state index in [-0.39, 0.29) is 17.1 Å². The van der Waals surface area contributed by atoms with Gasteiger partial charge in [-0.25, -0.2) is 0 Å². The van der Waals surface area contributed by atoms with E-state index in [0.29, 0.717) is 40.4 Å². The number of amides is 3. The number of thioether (sulfide) groups is 1. The van der Waals surface area contributed by atoms with Crippen LogP contribution in [-0.4, -0.2) is 37.2 Å². The van der Waals surface area contributed by atoms with E-state index < -0.39 is 5.91 Å². The van der Waals surface area contributed by atoms with Crippen LogP contribution >= 0.6 is 11.8 Å². The Morgan fingerprint density at radius 3 is 2.17 bits per heavy atom. The molecule has 0 heterocycles. The van der Waals surface area contributed by atoms with Gasteiger partial charge in [0.15, 0.2) is 11.5 Å². The Morgan fingerprint density at radius 1 is 0.857 bits per heavy atom. The quantitative estimate of drug-likeness (QED) is 0.356. The number of hydrogen-bond donors (Lipinski definition) is 3. The number of nitrogens with one attached hydrogen (secondary N) is 2. The molecule has 3 amide bonds. The normalized spacial score (nSPS) is 11.3. The van der Waals surface area contributed by atoms with Crippen LogP contribution < -0.4 is 25.8 Å². The predicted octanol–water partition coefficient (Wildman–Crippen LogP) is 4.56. The van der Waals surface area contributed by atoms with Crippen molar-refractivity contribution in [1.82, 2.24) is 0 Å². The highest BCUT2D eigenvalue weighted by atomic mass is 32.2. The Labute approximate surface area is 208 Å². The van der Waals surface area contributed by atoms with Gasteiger partial charge in [0, 0.05) is 27.4 Å². The van der Waals surface area contributed by atoms with Crippen molar-refractivity contribution in [2.45, 2.75) is 23.5 Å². The van der Waals surface area contributed by atoms with Crippen LogP contribution in [0.4, 0.5) is 11.4 Å². The zero-order chi connectivity index (χ0) is 25.4. The lowest BCUT2D eigenvalue weighted by Crippen LogP contribution is -2.24. The average molecular weight is 494 g/mol. The second-order valence-electron chi connectivity index (χ2n) is 7.50. The van der Waals surface area contributed by atoms with Crippen molar-refractivity contribution in [3.05, 3.63) is 77.9 Å². The first-order valence-electron chi connectivity index (χ1n) is 10.9. The summed E-state index contributed by atoms with van der Waals surface area (Å²) in [4.78, 5) is 37.6. The van der Waals surface area contributed by atoms with E-state index in [4.69, 9.17) is 15.2 Å². The second-order valence-corrected chi connectivity index (χ2v) is 8.77. The summed E-state index contributed by atoms with van der Waals surface area (Å²) < 4.78 is 10.5. The number of hydrogen-bond acceptors (Lipinski definition) is 6. The molecule has 182 valence electrons. The molecule has 0 radical (unpaired) electrons. The van der Waals surface area contributed by atoms with Crippen LogP contribution in [0.2, 0.25) is 0 Å². The largest absolute Gasteiger partial charge is 0.493 e. The molecule has 3 aromatic rings. The minimum absolute atomic E-state index is 0.163. The average Bonchev–Trinajstić information content (AvgIpc) is 2.87. The fourth-order valence-electron chi connectivity index (χ4n) is 3.25. The highest BCUT2D eigenvalue weighted by molar-refractivity contribution is 8.00. The molecule has 0 bridgehead atoms. The molecule has 1 unspecified atom stereocenters. The highest BCUT2D eigenvalue weighted by Crippen LogP contribution is 2.30. The van der Waals surface area contributed by atoms with Gasteiger partial charge in [0.1, 0.15) is 0 Å². The Morgan fingerprint density at radius 2 is 1.54 bits per heavy atom. The molecule has 0 spiro atoms. The molecule has 0 aliphatic carbocycles. The van der Waals surface area contributed by atoms with Gasteiger partial charge in [-0.3, -0.25) is 14.4 Å². The highest BCUT2D eigenvalue weighted by Gasteiger charge is 2.19. The number of ether oxygens (including phenoxy) is 2. The third kappa shape index (κ3) is 6.77. The first kappa shape index (κ1) is 25.6. The minimum atomic E-state index is -0.525. The monoisotopic (exact) mass is 493 g/mol. The molecule has 0 aliphatic heterocycles. The molecule has 4 N–H and O–H groups in total. The van der Waals surface area contributed by atoms with E-state index in [0.717, 1.165) is 4.90 Å². The van der Waals surface area contributed by atoms with Crippen LogP contribution in [0.25, 0.3) is 0 Å². The molecule has 0 aliphatic rings. The lowest BCUT2D eigenvalue weighted by molar-refractivity contribution is -0.115. The van der Waals surface area contributed by atoms with Gasteiger partial charge >= 0.3 is 0 Å². The zero-order valence-corrected chi connectivity index (χ0v) is 20.5. The Kier molecular flexibility index (Phi) is 8.74. The molecule has 3 aromatic carbocycles. The molecule has 35 heavy (non-hydrogen) atoms. The summed E-state index contributed by atoms with van der Waals surface area (Å²) in [5.41, 5.74) is 7.23. The van der Waals surface area contributed by atoms with Gasteiger partial charge in [0.2, 0.25) is 11.8 Å². The van der Waals surface area contributed by atoms with Crippen molar-refractivity contribution in [2.24, 2.45) is 5.73 Å². The zero-order valence-electron chi connectivity index (χ0n) is 19.7. The van der Waals surface area contributed by atoms with Gasteiger partial charge in [-0.05, 0) is 67.1 Å². The minimum Gasteiger partial charge on any atom is -0.493 e. The summed E-state index contributed by atoms with van der Waals surface area (Å²) in [6.45, 7) is 1.93. The molecule has 0 aromatic heterocycles. The van der Waals surface area contributed by atoms with E-state index in [1.165, 1.54) is 26.0 Å². The topological polar surface area (TPSA) is 120 Å². The fourth-order valence-corrected chi connectivity index (χ4v) is 4.27. The number of carbonyl (C=O) groups is 3. The Bertz CT molecular complexity index is 1210. The van der Waals surface area contributed by atoms with Gasteiger partial charge in [-0.1, -0.05) is 13.0 Å².